The Hall–Kier alpha value is -3.91. The first-order valence-corrected chi connectivity index (χ1v) is 13.4. The molecule has 0 radical (unpaired) electrons. The molecule has 8 nitrogen and oxygen atoms in total. The minimum atomic E-state index is -5.06. The van der Waals surface area contributed by atoms with Crippen molar-refractivity contribution < 1.29 is 31.1 Å². The van der Waals surface area contributed by atoms with Gasteiger partial charge in [-0.1, -0.05) is 0 Å². The summed E-state index contributed by atoms with van der Waals surface area (Å²) in [6, 6.07) is 2.60. The summed E-state index contributed by atoms with van der Waals surface area (Å²) in [6.07, 6.45) is -2.53. The van der Waals surface area contributed by atoms with Gasteiger partial charge in [-0.2, -0.15) is 13.2 Å². The third-order valence-electron chi connectivity index (χ3n) is 7.59. The van der Waals surface area contributed by atoms with Crippen LogP contribution in [0.1, 0.15) is 22.8 Å². The second-order valence-corrected chi connectivity index (χ2v) is 10.4. The molecule has 2 saturated heterocycles. The van der Waals surface area contributed by atoms with Gasteiger partial charge in [0, 0.05) is 75.9 Å². The molecule has 2 aliphatic heterocycles. The van der Waals surface area contributed by atoms with Gasteiger partial charge < -0.3 is 25.3 Å². The summed E-state index contributed by atoms with van der Waals surface area (Å²) in [4.78, 5) is 27.3. The molecule has 1 atom stereocenters. The molecule has 1 aromatic heterocycles. The van der Waals surface area contributed by atoms with Crippen LogP contribution in [0.3, 0.4) is 0 Å². The largest absolute Gasteiger partial charge is 0.417 e. The number of nitrogens with zero attached hydrogens (tertiary/aromatic N) is 5. The maximum absolute atomic E-state index is 16.3. The van der Waals surface area contributed by atoms with Crippen molar-refractivity contribution in [2.75, 3.05) is 68.0 Å². The van der Waals surface area contributed by atoms with Crippen LogP contribution in [-0.4, -0.2) is 79.7 Å². The molecular weight excluding hydrogens is 564 g/mol. The summed E-state index contributed by atoms with van der Waals surface area (Å²) in [5.41, 5.74) is -3.52. The van der Waals surface area contributed by atoms with Crippen molar-refractivity contribution in [1.82, 2.24) is 20.2 Å². The van der Waals surface area contributed by atoms with Crippen molar-refractivity contribution >= 4 is 23.2 Å². The number of benzene rings is 2. The topological polar surface area (TPSA) is 76.6 Å². The zero-order valence-corrected chi connectivity index (χ0v) is 22.9. The van der Waals surface area contributed by atoms with E-state index in [1.165, 1.54) is 12.4 Å². The van der Waals surface area contributed by atoms with Crippen LogP contribution in [0.25, 0.3) is 11.1 Å². The number of carbonyl (C=O) groups excluding carboxylic acids is 1. The number of hydrogen-bond acceptors (Lipinski definition) is 7. The van der Waals surface area contributed by atoms with Crippen molar-refractivity contribution in [2.45, 2.75) is 19.1 Å². The lowest BCUT2D eigenvalue weighted by molar-refractivity contribution is -0.138. The zero-order chi connectivity index (χ0) is 30.2. The van der Waals surface area contributed by atoms with Crippen LogP contribution in [-0.2, 0) is 6.18 Å². The molecule has 2 aromatic carbocycles. The molecule has 3 aromatic rings. The number of carbonyl (C=O) groups is 1. The van der Waals surface area contributed by atoms with Gasteiger partial charge >= 0.3 is 6.18 Å². The van der Waals surface area contributed by atoms with Gasteiger partial charge in [0.2, 0.25) is 5.95 Å². The average molecular weight is 594 g/mol. The summed E-state index contributed by atoms with van der Waals surface area (Å²) < 4.78 is 86.6. The minimum absolute atomic E-state index is 0.0181. The maximum atomic E-state index is 16.3. The van der Waals surface area contributed by atoms with Crippen LogP contribution in [0.2, 0.25) is 0 Å². The average Bonchev–Trinajstić information content (AvgIpc) is 2.96. The first-order chi connectivity index (χ1) is 19.9. The van der Waals surface area contributed by atoms with Crippen molar-refractivity contribution in [3.63, 3.8) is 0 Å². The second-order valence-electron chi connectivity index (χ2n) is 10.4. The summed E-state index contributed by atoms with van der Waals surface area (Å²) in [5, 5.41) is 5.44. The van der Waals surface area contributed by atoms with Crippen LogP contribution < -0.4 is 20.4 Å². The molecule has 5 rings (SSSR count). The number of nitrogens with one attached hydrogen (secondary N) is 2. The van der Waals surface area contributed by atoms with E-state index in [9.17, 15) is 22.4 Å². The van der Waals surface area contributed by atoms with Gasteiger partial charge in [-0.15, -0.1) is 0 Å². The van der Waals surface area contributed by atoms with Gasteiger partial charge in [0.1, 0.15) is 17.3 Å². The first-order valence-electron chi connectivity index (χ1n) is 13.4. The lowest BCUT2D eigenvalue weighted by Crippen LogP contribution is -2.50. The Bertz CT molecular complexity index is 1460. The van der Waals surface area contributed by atoms with E-state index in [1.54, 1.807) is 4.90 Å². The van der Waals surface area contributed by atoms with Crippen LogP contribution in [0.15, 0.2) is 36.7 Å². The number of amides is 1. The fourth-order valence-electron chi connectivity index (χ4n) is 5.12. The van der Waals surface area contributed by atoms with Gasteiger partial charge in [-0.05, 0) is 32.2 Å². The summed E-state index contributed by atoms with van der Waals surface area (Å²) in [5.74, 6) is -4.28. The van der Waals surface area contributed by atoms with E-state index >= 15 is 8.78 Å². The molecule has 2 N–H and O–H groups in total. The normalized spacial score (nSPS) is 18.3. The molecule has 0 spiro atoms. The summed E-state index contributed by atoms with van der Waals surface area (Å²) in [7, 11) is 1.90. The highest BCUT2D eigenvalue weighted by atomic mass is 19.4. The van der Waals surface area contributed by atoms with Crippen LogP contribution in [0.5, 0.6) is 0 Å². The standard InChI is InChI=1S/C28H29F6N7O/c1-16-15-41(10-9-39(16)2)22-12-21(30)23(17-13-36-27(37-14-17)40-7-5-35-6-8-40)24(31)25(22)38-26(42)19-4-3-18(29)11-20(19)28(32,33)34/h3-4,11-14,16,35H,5-10,15H2,1-2H3,(H,38,42)/t16-/m0/s1. The lowest BCUT2D eigenvalue weighted by atomic mass is 10.0. The molecule has 2 fully saturated rings. The zero-order valence-electron chi connectivity index (χ0n) is 22.9. The number of likely N-dealkylation sites (N-methyl/N-ethyl adjacent to an activating group) is 1. The molecular formula is C28H29F6N7O. The number of rotatable bonds is 5. The third-order valence-corrected chi connectivity index (χ3v) is 7.59. The van der Waals surface area contributed by atoms with Crippen molar-refractivity contribution in [3.8, 4) is 11.1 Å². The lowest BCUT2D eigenvalue weighted by Gasteiger charge is -2.39. The van der Waals surface area contributed by atoms with E-state index in [4.69, 9.17) is 0 Å². The molecule has 2 aliphatic rings. The minimum Gasteiger partial charge on any atom is -0.367 e. The maximum Gasteiger partial charge on any atom is 0.417 e. The van der Waals surface area contributed by atoms with Gasteiger partial charge in [-0.25, -0.2) is 23.1 Å². The number of hydrogen-bond donors (Lipinski definition) is 2. The fourth-order valence-corrected chi connectivity index (χ4v) is 5.12. The molecule has 14 heteroatoms. The Labute approximate surface area is 238 Å². The Balaban J connectivity index is 1.57. The predicted molar refractivity (Wildman–Crippen MR) is 146 cm³/mol. The smallest absolute Gasteiger partial charge is 0.367 e. The SMILES string of the molecule is C[C@H]1CN(c2cc(F)c(-c3cnc(N4CCNCC4)nc3)c(F)c2NC(=O)c2ccc(F)cc2C(F)(F)F)CCN1C. The predicted octanol–water partition coefficient (Wildman–Crippen LogP) is 4.38. The van der Waals surface area contributed by atoms with Gasteiger partial charge in [0.15, 0.2) is 5.82 Å². The molecule has 3 heterocycles. The number of piperazine rings is 2. The molecule has 0 unspecified atom stereocenters. The second kappa shape index (κ2) is 11.8. The fraction of sp³-hybridized carbons (Fsp3) is 0.393. The number of alkyl halides is 3. The molecule has 0 bridgehead atoms. The van der Waals surface area contributed by atoms with E-state index in [0.29, 0.717) is 50.8 Å². The van der Waals surface area contributed by atoms with E-state index in [1.807, 2.05) is 23.8 Å². The highest BCUT2D eigenvalue weighted by Gasteiger charge is 2.36. The molecule has 42 heavy (non-hydrogen) atoms. The van der Waals surface area contributed by atoms with Gasteiger partial charge in [0.05, 0.1) is 22.4 Å². The quantitative estimate of drug-likeness (QED) is 0.426. The van der Waals surface area contributed by atoms with Gasteiger partial charge in [0.25, 0.3) is 5.91 Å². The number of aromatic nitrogens is 2. The Kier molecular flexibility index (Phi) is 8.28. The van der Waals surface area contributed by atoms with Crippen molar-refractivity contribution in [2.24, 2.45) is 0 Å². The molecule has 0 aliphatic carbocycles. The monoisotopic (exact) mass is 593 g/mol. The van der Waals surface area contributed by atoms with Crippen molar-refractivity contribution in [3.05, 3.63) is 65.2 Å². The van der Waals surface area contributed by atoms with E-state index in [-0.39, 0.29) is 23.4 Å². The first kappa shape index (κ1) is 29.6. The summed E-state index contributed by atoms with van der Waals surface area (Å²) >= 11 is 0. The van der Waals surface area contributed by atoms with Crippen molar-refractivity contribution in [1.29, 1.82) is 0 Å². The Morgan fingerprint density at radius 2 is 1.69 bits per heavy atom. The highest BCUT2D eigenvalue weighted by Crippen LogP contribution is 2.40. The van der Waals surface area contributed by atoms with E-state index in [0.717, 1.165) is 19.2 Å². The molecule has 0 saturated carbocycles. The highest BCUT2D eigenvalue weighted by molar-refractivity contribution is 6.07. The number of halogens is 6. The molecule has 224 valence electrons. The van der Waals surface area contributed by atoms with E-state index < -0.39 is 51.9 Å². The van der Waals surface area contributed by atoms with Gasteiger partial charge in [-0.3, -0.25) is 4.79 Å². The van der Waals surface area contributed by atoms with Crippen LogP contribution in [0, 0.1) is 17.5 Å². The third kappa shape index (κ3) is 6.00. The Morgan fingerprint density at radius 1 is 1.00 bits per heavy atom. The Morgan fingerprint density at radius 3 is 2.33 bits per heavy atom. The van der Waals surface area contributed by atoms with E-state index in [2.05, 4.69) is 20.6 Å². The summed E-state index contributed by atoms with van der Waals surface area (Å²) in [6.45, 7) is 5.90. The van der Waals surface area contributed by atoms with Crippen LogP contribution in [0.4, 0.5) is 43.7 Å². The van der Waals surface area contributed by atoms with Crippen LogP contribution >= 0.6 is 0 Å². The molecule has 1 amide bonds. The number of anilines is 3.